The molecule has 0 spiro atoms. The van der Waals surface area contributed by atoms with Crippen LogP contribution >= 0.6 is 34.5 Å². The predicted molar refractivity (Wildman–Crippen MR) is 118 cm³/mol. The summed E-state index contributed by atoms with van der Waals surface area (Å²) in [5, 5.41) is 5.86. The van der Waals surface area contributed by atoms with Gasteiger partial charge in [0.25, 0.3) is 5.56 Å². The van der Waals surface area contributed by atoms with E-state index in [0.717, 1.165) is 29.7 Å². The molecular weight excluding hydrogens is 429 g/mol. The van der Waals surface area contributed by atoms with Crippen molar-refractivity contribution >= 4 is 51.0 Å². The molecule has 0 fully saturated rings. The molecule has 0 saturated heterocycles. The Bertz CT molecular complexity index is 1320. The summed E-state index contributed by atoms with van der Waals surface area (Å²) in [4.78, 5) is 19.5. The minimum absolute atomic E-state index is 0.143. The quantitative estimate of drug-likeness (QED) is 0.376. The van der Waals surface area contributed by atoms with Gasteiger partial charge in [0.15, 0.2) is 0 Å². The Kier molecular flexibility index (Phi) is 4.78. The topological polar surface area (TPSA) is 60.4 Å². The Labute approximate surface area is 180 Å². The van der Waals surface area contributed by atoms with E-state index in [4.69, 9.17) is 27.6 Å². The number of rotatable bonds is 3. The molecule has 0 amide bonds. The maximum atomic E-state index is 12.9. The highest BCUT2D eigenvalue weighted by atomic mass is 35.5. The molecule has 3 heterocycles. The van der Waals surface area contributed by atoms with Crippen LogP contribution < -0.4 is 5.56 Å². The van der Waals surface area contributed by atoms with Crippen LogP contribution in [0.1, 0.15) is 29.0 Å². The van der Waals surface area contributed by atoms with E-state index in [1.165, 1.54) is 28.5 Å². The fourth-order valence-corrected chi connectivity index (χ4v) is 5.21. The molecule has 5 rings (SSSR count). The Morgan fingerprint density at radius 2 is 2.03 bits per heavy atom. The van der Waals surface area contributed by atoms with Gasteiger partial charge in [-0.05, 0) is 55.5 Å². The fraction of sp³-hybridized carbons (Fsp3) is 0.190. The Hall–Kier alpha value is -2.41. The van der Waals surface area contributed by atoms with Gasteiger partial charge in [-0.3, -0.25) is 4.79 Å². The summed E-state index contributed by atoms with van der Waals surface area (Å²) in [5.41, 5.74) is 1.70. The van der Waals surface area contributed by atoms with E-state index >= 15 is 0 Å². The summed E-state index contributed by atoms with van der Waals surface area (Å²) >= 11 is 14.0. The van der Waals surface area contributed by atoms with Gasteiger partial charge in [0.2, 0.25) is 0 Å². The third kappa shape index (κ3) is 3.31. The molecule has 0 radical (unpaired) electrons. The molecule has 3 aromatic heterocycles. The molecule has 0 aliphatic heterocycles. The van der Waals surface area contributed by atoms with Crippen molar-refractivity contribution in [1.82, 2.24) is 9.66 Å². The lowest BCUT2D eigenvalue weighted by atomic mass is 9.97. The van der Waals surface area contributed by atoms with Crippen molar-refractivity contribution in [3.8, 4) is 11.3 Å². The van der Waals surface area contributed by atoms with Crippen LogP contribution in [0.25, 0.3) is 21.5 Å². The second kappa shape index (κ2) is 7.44. The fourth-order valence-electron chi connectivity index (χ4n) is 3.60. The monoisotopic (exact) mass is 443 g/mol. The average Bonchev–Trinajstić information content (AvgIpc) is 3.34. The predicted octanol–water partition coefficient (Wildman–Crippen LogP) is 5.79. The van der Waals surface area contributed by atoms with Crippen molar-refractivity contribution in [3.63, 3.8) is 0 Å². The first-order chi connectivity index (χ1) is 14.1. The second-order valence-electron chi connectivity index (χ2n) is 6.83. The molecule has 0 bridgehead atoms. The van der Waals surface area contributed by atoms with Gasteiger partial charge in [0, 0.05) is 10.4 Å². The molecule has 1 aliphatic carbocycles. The number of nitrogens with zero attached hydrogens (tertiary/aromatic N) is 3. The molecule has 1 aromatic carbocycles. The van der Waals surface area contributed by atoms with Crippen LogP contribution in [0.3, 0.4) is 0 Å². The van der Waals surface area contributed by atoms with Crippen LogP contribution in [-0.2, 0) is 12.8 Å². The Morgan fingerprint density at radius 1 is 1.17 bits per heavy atom. The summed E-state index contributed by atoms with van der Waals surface area (Å²) < 4.78 is 7.07. The third-order valence-electron chi connectivity index (χ3n) is 5.01. The van der Waals surface area contributed by atoms with Gasteiger partial charge in [0.1, 0.15) is 22.7 Å². The van der Waals surface area contributed by atoms with Crippen molar-refractivity contribution in [2.24, 2.45) is 5.10 Å². The van der Waals surface area contributed by atoms with Gasteiger partial charge >= 0.3 is 0 Å². The van der Waals surface area contributed by atoms with Crippen molar-refractivity contribution in [2.45, 2.75) is 25.7 Å². The molecule has 0 N–H and O–H groups in total. The molecular formula is C21H15Cl2N3O2S. The van der Waals surface area contributed by atoms with Crippen LogP contribution in [0.5, 0.6) is 0 Å². The zero-order valence-corrected chi connectivity index (χ0v) is 17.5. The SMILES string of the molecule is O=c1c2c3c(sc2ncn1N=Cc1ccc(-c2cccc(Cl)c2Cl)o1)CCCC3. The summed E-state index contributed by atoms with van der Waals surface area (Å²) in [6.07, 6.45) is 7.19. The van der Waals surface area contributed by atoms with Crippen LogP contribution in [0.4, 0.5) is 0 Å². The number of thiophene rings is 1. The largest absolute Gasteiger partial charge is 0.455 e. The van der Waals surface area contributed by atoms with Gasteiger partial charge in [-0.2, -0.15) is 9.78 Å². The number of hydrogen-bond acceptors (Lipinski definition) is 5. The number of aryl methyl sites for hydroxylation is 2. The first kappa shape index (κ1) is 18.6. The number of furan rings is 1. The lowest BCUT2D eigenvalue weighted by molar-refractivity contribution is 0.574. The second-order valence-corrected chi connectivity index (χ2v) is 8.70. The lowest BCUT2D eigenvalue weighted by Crippen LogP contribution is -2.17. The molecule has 146 valence electrons. The lowest BCUT2D eigenvalue weighted by Gasteiger charge is -2.09. The highest BCUT2D eigenvalue weighted by Crippen LogP contribution is 2.34. The van der Waals surface area contributed by atoms with E-state index in [1.807, 2.05) is 12.1 Å². The molecule has 0 saturated carbocycles. The molecule has 5 nitrogen and oxygen atoms in total. The van der Waals surface area contributed by atoms with Crippen LogP contribution in [0.2, 0.25) is 10.0 Å². The third-order valence-corrected chi connectivity index (χ3v) is 7.03. The highest BCUT2D eigenvalue weighted by molar-refractivity contribution is 7.18. The summed E-state index contributed by atoms with van der Waals surface area (Å²) in [6, 6.07) is 8.91. The Balaban J connectivity index is 1.49. The van der Waals surface area contributed by atoms with Crippen molar-refractivity contribution in [3.05, 3.63) is 73.3 Å². The number of halogens is 2. The molecule has 1 aliphatic rings. The molecule has 8 heteroatoms. The van der Waals surface area contributed by atoms with Gasteiger partial charge < -0.3 is 4.42 Å². The van der Waals surface area contributed by atoms with Crippen molar-refractivity contribution in [1.29, 1.82) is 0 Å². The first-order valence-electron chi connectivity index (χ1n) is 9.22. The first-order valence-corrected chi connectivity index (χ1v) is 10.8. The van der Waals surface area contributed by atoms with Crippen LogP contribution in [0, 0.1) is 0 Å². The van der Waals surface area contributed by atoms with Crippen molar-refractivity contribution in [2.75, 3.05) is 0 Å². The number of hydrogen-bond donors (Lipinski definition) is 0. The van der Waals surface area contributed by atoms with Crippen LogP contribution in [0.15, 0.2) is 51.0 Å². The summed E-state index contributed by atoms with van der Waals surface area (Å²) in [6.45, 7) is 0. The smallest absolute Gasteiger partial charge is 0.282 e. The highest BCUT2D eigenvalue weighted by Gasteiger charge is 2.20. The van der Waals surface area contributed by atoms with Crippen molar-refractivity contribution < 1.29 is 4.42 Å². The standard InChI is InChI=1S/C21H15Cl2N3O2S/c22-15-6-3-5-13(19(15)23)16-9-8-12(28-16)10-25-26-11-24-20-18(21(26)27)14-4-1-2-7-17(14)29-20/h3,5-6,8-11H,1-2,4,7H2. The van der Waals surface area contributed by atoms with E-state index in [9.17, 15) is 4.79 Å². The van der Waals surface area contributed by atoms with E-state index in [-0.39, 0.29) is 5.56 Å². The molecule has 0 unspecified atom stereocenters. The summed E-state index contributed by atoms with van der Waals surface area (Å²) in [5.74, 6) is 1.07. The minimum Gasteiger partial charge on any atom is -0.455 e. The number of fused-ring (bicyclic) bond motifs is 3. The zero-order valence-electron chi connectivity index (χ0n) is 15.2. The number of aromatic nitrogens is 2. The Morgan fingerprint density at radius 3 is 2.93 bits per heavy atom. The maximum absolute atomic E-state index is 12.9. The zero-order chi connectivity index (χ0) is 20.0. The summed E-state index contributed by atoms with van der Waals surface area (Å²) in [7, 11) is 0. The van der Waals surface area contributed by atoms with Gasteiger partial charge in [0.05, 0.1) is 21.6 Å². The van der Waals surface area contributed by atoms with Gasteiger partial charge in [-0.1, -0.05) is 29.3 Å². The number of benzene rings is 1. The van der Waals surface area contributed by atoms with E-state index in [2.05, 4.69) is 10.1 Å². The van der Waals surface area contributed by atoms with E-state index in [1.54, 1.807) is 29.5 Å². The van der Waals surface area contributed by atoms with Crippen LogP contribution in [-0.4, -0.2) is 15.9 Å². The van der Waals surface area contributed by atoms with Gasteiger partial charge in [-0.15, -0.1) is 11.3 Å². The molecule has 4 aromatic rings. The molecule has 0 atom stereocenters. The van der Waals surface area contributed by atoms with Gasteiger partial charge in [-0.25, -0.2) is 4.98 Å². The minimum atomic E-state index is -0.143. The molecule has 29 heavy (non-hydrogen) atoms. The van der Waals surface area contributed by atoms with E-state index < -0.39 is 0 Å². The maximum Gasteiger partial charge on any atom is 0.282 e. The average molecular weight is 444 g/mol. The van der Waals surface area contributed by atoms with E-state index in [0.29, 0.717) is 32.5 Å². The normalized spacial score (nSPS) is 14.0.